The molecule has 128 valence electrons. The summed E-state index contributed by atoms with van der Waals surface area (Å²) >= 11 is 7.19. The highest BCUT2D eigenvalue weighted by Gasteiger charge is 2.18. The summed E-state index contributed by atoms with van der Waals surface area (Å²) in [6, 6.07) is 8.61. The SMILES string of the molecule is CC[NH+]1CCN(c2ccc(NC(=S)NCCCSC)cc2)CC1. The van der Waals surface area contributed by atoms with Crippen LogP contribution in [0, 0.1) is 0 Å². The Morgan fingerprint density at radius 3 is 2.57 bits per heavy atom. The molecule has 3 N–H and O–H groups in total. The summed E-state index contributed by atoms with van der Waals surface area (Å²) in [5.41, 5.74) is 2.36. The van der Waals surface area contributed by atoms with E-state index in [1.54, 1.807) is 4.90 Å². The van der Waals surface area contributed by atoms with Crippen LogP contribution in [0.25, 0.3) is 0 Å². The zero-order valence-electron chi connectivity index (χ0n) is 14.2. The summed E-state index contributed by atoms with van der Waals surface area (Å²) in [5, 5.41) is 7.21. The third-order valence-electron chi connectivity index (χ3n) is 4.27. The van der Waals surface area contributed by atoms with Gasteiger partial charge in [-0.3, -0.25) is 0 Å². The molecule has 0 aromatic heterocycles. The topological polar surface area (TPSA) is 31.7 Å². The number of hydrogen-bond donors (Lipinski definition) is 3. The Hall–Kier alpha value is -0.980. The standard InChI is InChI=1S/C17H28N4S2/c1-3-20-10-12-21(13-11-20)16-7-5-15(6-8-16)19-17(22)18-9-4-14-23-2/h5-8H,3-4,9-14H2,1-2H3,(H2,18,19,22)/p+1. The van der Waals surface area contributed by atoms with Crippen LogP contribution in [0.15, 0.2) is 24.3 Å². The molecule has 1 heterocycles. The van der Waals surface area contributed by atoms with Gasteiger partial charge in [-0.25, -0.2) is 0 Å². The van der Waals surface area contributed by atoms with Crippen molar-refractivity contribution in [1.82, 2.24) is 5.32 Å². The molecule has 2 rings (SSSR count). The van der Waals surface area contributed by atoms with Crippen molar-refractivity contribution in [1.29, 1.82) is 0 Å². The number of nitrogens with one attached hydrogen (secondary N) is 3. The summed E-state index contributed by atoms with van der Waals surface area (Å²) in [6.07, 6.45) is 3.26. The Morgan fingerprint density at radius 1 is 1.26 bits per heavy atom. The van der Waals surface area contributed by atoms with Crippen molar-refractivity contribution in [3.63, 3.8) is 0 Å². The van der Waals surface area contributed by atoms with Crippen LogP contribution in [0.1, 0.15) is 13.3 Å². The Morgan fingerprint density at radius 2 is 1.96 bits per heavy atom. The number of thiocarbonyl (C=S) groups is 1. The first-order valence-corrected chi connectivity index (χ1v) is 10.3. The minimum atomic E-state index is 0.707. The van der Waals surface area contributed by atoms with Crippen LogP contribution >= 0.6 is 24.0 Å². The lowest BCUT2D eigenvalue weighted by molar-refractivity contribution is -0.898. The van der Waals surface area contributed by atoms with Gasteiger partial charge in [0.15, 0.2) is 5.11 Å². The lowest BCUT2D eigenvalue weighted by atomic mass is 10.2. The lowest BCUT2D eigenvalue weighted by Gasteiger charge is -2.33. The summed E-state index contributed by atoms with van der Waals surface area (Å²) in [7, 11) is 0. The molecule has 4 nitrogen and oxygen atoms in total. The molecule has 0 radical (unpaired) electrons. The molecule has 1 aliphatic rings. The fourth-order valence-corrected chi connectivity index (χ4v) is 3.44. The quantitative estimate of drug-likeness (QED) is 0.510. The van der Waals surface area contributed by atoms with Gasteiger partial charge in [0.05, 0.1) is 32.7 Å². The molecular formula is C17H29N4S2+. The van der Waals surface area contributed by atoms with Crippen LogP contribution in [0.3, 0.4) is 0 Å². The van der Waals surface area contributed by atoms with Gasteiger partial charge in [-0.05, 0) is 61.8 Å². The van der Waals surface area contributed by atoms with E-state index in [-0.39, 0.29) is 0 Å². The third kappa shape index (κ3) is 6.20. The molecule has 6 heteroatoms. The van der Waals surface area contributed by atoms with E-state index in [2.05, 4.69) is 53.0 Å². The van der Waals surface area contributed by atoms with E-state index in [1.807, 2.05) is 11.8 Å². The molecular weight excluding hydrogens is 324 g/mol. The average molecular weight is 354 g/mol. The maximum absolute atomic E-state index is 5.33. The number of hydrogen-bond acceptors (Lipinski definition) is 3. The molecule has 1 aromatic carbocycles. The van der Waals surface area contributed by atoms with Crippen molar-refractivity contribution in [2.45, 2.75) is 13.3 Å². The first-order valence-electron chi connectivity index (χ1n) is 8.45. The molecule has 0 atom stereocenters. The van der Waals surface area contributed by atoms with Gasteiger partial charge >= 0.3 is 0 Å². The molecule has 0 spiro atoms. The van der Waals surface area contributed by atoms with Gasteiger partial charge in [0.2, 0.25) is 0 Å². The fourth-order valence-electron chi connectivity index (χ4n) is 2.78. The first kappa shape index (κ1) is 18.4. The minimum absolute atomic E-state index is 0.707. The van der Waals surface area contributed by atoms with Gasteiger partial charge in [0.1, 0.15) is 0 Å². The molecule has 1 saturated heterocycles. The maximum atomic E-state index is 5.33. The van der Waals surface area contributed by atoms with Gasteiger partial charge in [0, 0.05) is 17.9 Å². The van der Waals surface area contributed by atoms with E-state index < -0.39 is 0 Å². The van der Waals surface area contributed by atoms with E-state index >= 15 is 0 Å². The van der Waals surface area contributed by atoms with Crippen molar-refractivity contribution in [3.05, 3.63) is 24.3 Å². The fraction of sp³-hybridized carbons (Fsp3) is 0.588. The highest BCUT2D eigenvalue weighted by Crippen LogP contribution is 2.17. The summed E-state index contributed by atoms with van der Waals surface area (Å²) in [5.74, 6) is 1.16. The number of quaternary nitrogens is 1. The molecule has 23 heavy (non-hydrogen) atoms. The Labute approximate surface area is 150 Å². The third-order valence-corrected chi connectivity index (χ3v) is 5.21. The number of likely N-dealkylation sites (N-methyl/N-ethyl adjacent to an activating group) is 1. The number of rotatable bonds is 7. The van der Waals surface area contributed by atoms with Gasteiger partial charge in [-0.15, -0.1) is 0 Å². The van der Waals surface area contributed by atoms with E-state index in [0.29, 0.717) is 5.11 Å². The maximum Gasteiger partial charge on any atom is 0.170 e. The lowest BCUT2D eigenvalue weighted by Crippen LogP contribution is -3.14. The molecule has 0 aliphatic carbocycles. The predicted octanol–water partition coefficient (Wildman–Crippen LogP) is 1.45. The number of nitrogens with zero attached hydrogens (tertiary/aromatic N) is 1. The highest BCUT2D eigenvalue weighted by molar-refractivity contribution is 7.98. The second kappa shape index (κ2) is 10.0. The largest absolute Gasteiger partial charge is 0.362 e. The summed E-state index contributed by atoms with van der Waals surface area (Å²) in [6.45, 7) is 9.19. The Bertz CT molecular complexity index is 470. The van der Waals surface area contributed by atoms with Gasteiger partial charge < -0.3 is 20.4 Å². The van der Waals surface area contributed by atoms with Gasteiger partial charge in [-0.2, -0.15) is 11.8 Å². The predicted molar refractivity (Wildman–Crippen MR) is 107 cm³/mol. The molecule has 1 aromatic rings. The van der Waals surface area contributed by atoms with E-state index in [4.69, 9.17) is 12.2 Å². The average Bonchev–Trinajstić information content (AvgIpc) is 2.59. The van der Waals surface area contributed by atoms with Crippen LogP contribution in [0.5, 0.6) is 0 Å². The van der Waals surface area contributed by atoms with Crippen molar-refractivity contribution < 1.29 is 4.90 Å². The molecule has 1 fully saturated rings. The molecule has 0 saturated carbocycles. The van der Waals surface area contributed by atoms with Gasteiger partial charge in [0.25, 0.3) is 0 Å². The van der Waals surface area contributed by atoms with Crippen LogP contribution in [0.2, 0.25) is 0 Å². The normalized spacial score (nSPS) is 15.5. The van der Waals surface area contributed by atoms with Crippen molar-refractivity contribution in [3.8, 4) is 0 Å². The van der Waals surface area contributed by atoms with Crippen molar-refractivity contribution in [2.24, 2.45) is 0 Å². The number of piperazine rings is 1. The highest BCUT2D eigenvalue weighted by atomic mass is 32.2. The van der Waals surface area contributed by atoms with Crippen LogP contribution in [-0.4, -0.2) is 56.4 Å². The van der Waals surface area contributed by atoms with Crippen LogP contribution in [0.4, 0.5) is 11.4 Å². The van der Waals surface area contributed by atoms with Crippen molar-refractivity contribution >= 4 is 40.5 Å². The smallest absolute Gasteiger partial charge is 0.170 e. The molecule has 0 amide bonds. The van der Waals surface area contributed by atoms with Crippen LogP contribution in [-0.2, 0) is 0 Å². The van der Waals surface area contributed by atoms with Crippen molar-refractivity contribution in [2.75, 3.05) is 61.5 Å². The van der Waals surface area contributed by atoms with E-state index in [1.165, 1.54) is 25.3 Å². The van der Waals surface area contributed by atoms with Gasteiger partial charge in [-0.1, -0.05) is 0 Å². The van der Waals surface area contributed by atoms with E-state index in [9.17, 15) is 0 Å². The monoisotopic (exact) mass is 353 g/mol. The number of anilines is 2. The zero-order valence-corrected chi connectivity index (χ0v) is 15.9. The zero-order chi connectivity index (χ0) is 16.5. The minimum Gasteiger partial charge on any atom is -0.362 e. The summed E-state index contributed by atoms with van der Waals surface area (Å²) in [4.78, 5) is 4.18. The number of thioether (sulfide) groups is 1. The second-order valence-corrected chi connectivity index (χ2v) is 7.26. The first-order chi connectivity index (χ1) is 11.2. The van der Waals surface area contributed by atoms with E-state index in [0.717, 1.165) is 37.5 Å². The number of benzene rings is 1. The van der Waals surface area contributed by atoms with Crippen LogP contribution < -0.4 is 20.4 Å². The molecule has 0 unspecified atom stereocenters. The second-order valence-electron chi connectivity index (χ2n) is 5.86. The summed E-state index contributed by atoms with van der Waals surface area (Å²) < 4.78 is 0. The Balaban J connectivity index is 1.77. The molecule has 0 bridgehead atoms. The Kier molecular flexibility index (Phi) is 7.99. The molecule has 1 aliphatic heterocycles.